The summed E-state index contributed by atoms with van der Waals surface area (Å²) in [7, 11) is -3.36. The Morgan fingerprint density at radius 2 is 1.93 bits per heavy atom. The van der Waals surface area contributed by atoms with Gasteiger partial charge in [-0.3, -0.25) is 9.59 Å². The summed E-state index contributed by atoms with van der Waals surface area (Å²) in [4.78, 5) is 30.7. The van der Waals surface area contributed by atoms with Crippen molar-refractivity contribution in [2.75, 3.05) is 18.8 Å². The van der Waals surface area contributed by atoms with Crippen molar-refractivity contribution < 1.29 is 18.0 Å². The molecule has 27 heavy (non-hydrogen) atoms. The molecule has 1 aromatic carbocycles. The molecule has 0 bridgehead atoms. The van der Waals surface area contributed by atoms with E-state index in [2.05, 4.69) is 4.98 Å². The maximum absolute atomic E-state index is 12.8. The molecule has 3 heterocycles. The minimum Gasteiger partial charge on any atom is -0.360 e. The highest BCUT2D eigenvalue weighted by Gasteiger charge is 2.35. The number of Topliss-reactive ketones (excluding diaryl/α,β-unsaturated/α-hetero) is 1. The van der Waals surface area contributed by atoms with Crippen molar-refractivity contribution in [3.05, 3.63) is 58.4 Å². The van der Waals surface area contributed by atoms with Crippen LogP contribution in [0.2, 0.25) is 0 Å². The number of thiophene rings is 1. The van der Waals surface area contributed by atoms with Gasteiger partial charge in [0.2, 0.25) is 0 Å². The Hall–Kier alpha value is -2.45. The molecule has 0 spiro atoms. The van der Waals surface area contributed by atoms with E-state index in [-0.39, 0.29) is 18.8 Å². The van der Waals surface area contributed by atoms with Crippen LogP contribution in [0.5, 0.6) is 0 Å². The lowest BCUT2D eigenvalue weighted by atomic mass is 10.1. The molecule has 1 unspecified atom stereocenters. The molecule has 1 fully saturated rings. The Kier molecular flexibility index (Phi) is 4.61. The average Bonchev–Trinajstić information content (AvgIpc) is 3.30. The molecular formula is C19H18N2O4S2. The lowest BCUT2D eigenvalue weighted by Crippen LogP contribution is -2.38. The first-order valence-corrected chi connectivity index (χ1v) is 11.2. The lowest BCUT2D eigenvalue weighted by Gasteiger charge is -2.18. The van der Waals surface area contributed by atoms with E-state index in [1.807, 2.05) is 35.7 Å². The zero-order valence-corrected chi connectivity index (χ0v) is 16.1. The summed E-state index contributed by atoms with van der Waals surface area (Å²) in [6, 6.07) is 10.9. The fraction of sp³-hybridized carbons (Fsp3) is 0.263. The first kappa shape index (κ1) is 17.9. The molecular weight excluding hydrogens is 384 g/mol. The summed E-state index contributed by atoms with van der Waals surface area (Å²) in [5, 5.41) is 1.92. The van der Waals surface area contributed by atoms with Crippen LogP contribution in [-0.2, 0) is 14.6 Å². The largest absolute Gasteiger partial charge is 0.360 e. The van der Waals surface area contributed by atoms with Crippen molar-refractivity contribution in [3.63, 3.8) is 0 Å². The number of carbonyl (C=O) groups excluding carboxylic acids is 2. The van der Waals surface area contributed by atoms with Crippen LogP contribution in [0.4, 0.5) is 0 Å². The van der Waals surface area contributed by atoms with Gasteiger partial charge in [-0.15, -0.1) is 11.3 Å². The predicted molar refractivity (Wildman–Crippen MR) is 105 cm³/mol. The van der Waals surface area contributed by atoms with Crippen LogP contribution in [0.3, 0.4) is 0 Å². The first-order chi connectivity index (χ1) is 13.0. The molecule has 1 atom stereocenters. The van der Waals surface area contributed by atoms with Gasteiger partial charge < -0.3 is 9.88 Å². The minimum atomic E-state index is -3.36. The van der Waals surface area contributed by atoms with Gasteiger partial charge in [0.1, 0.15) is 0 Å². The van der Waals surface area contributed by atoms with Gasteiger partial charge in [0.05, 0.1) is 16.6 Å². The normalized spacial score (nSPS) is 19.7. The molecule has 1 aliphatic heterocycles. The number of carbonyl (C=O) groups is 2. The van der Waals surface area contributed by atoms with E-state index < -0.39 is 26.8 Å². The van der Waals surface area contributed by atoms with Crippen molar-refractivity contribution in [3.8, 4) is 0 Å². The van der Waals surface area contributed by atoms with Crippen LogP contribution < -0.4 is 0 Å². The topological polar surface area (TPSA) is 87.3 Å². The molecule has 0 radical (unpaired) electrons. The second kappa shape index (κ2) is 6.94. The second-order valence-electron chi connectivity index (χ2n) is 6.53. The number of H-pyrrole nitrogens is 1. The number of aromatic amines is 1. The van der Waals surface area contributed by atoms with Crippen molar-refractivity contribution in [2.45, 2.75) is 11.7 Å². The van der Waals surface area contributed by atoms with E-state index in [4.69, 9.17) is 0 Å². The van der Waals surface area contributed by atoms with Crippen LogP contribution in [0.15, 0.2) is 48.0 Å². The number of para-hydroxylation sites is 1. The number of aromatic nitrogens is 1. The van der Waals surface area contributed by atoms with Crippen LogP contribution in [-0.4, -0.2) is 48.8 Å². The van der Waals surface area contributed by atoms with E-state index in [1.165, 1.54) is 22.4 Å². The van der Waals surface area contributed by atoms with Gasteiger partial charge in [-0.05, 0) is 23.9 Å². The highest BCUT2D eigenvalue weighted by atomic mass is 32.2. The number of amides is 1. The van der Waals surface area contributed by atoms with Gasteiger partial charge in [0.25, 0.3) is 11.7 Å². The Balaban J connectivity index is 1.57. The molecule has 140 valence electrons. The Morgan fingerprint density at radius 1 is 1.11 bits per heavy atom. The van der Waals surface area contributed by atoms with Crippen molar-refractivity contribution in [1.82, 2.24) is 9.88 Å². The number of hydrogen-bond acceptors (Lipinski definition) is 5. The first-order valence-electron chi connectivity index (χ1n) is 8.62. The quantitative estimate of drug-likeness (QED) is 0.539. The second-order valence-corrected chi connectivity index (χ2v) is 9.81. The number of nitrogens with one attached hydrogen (secondary N) is 1. The molecule has 6 nitrogen and oxygen atoms in total. The lowest BCUT2D eigenvalue weighted by molar-refractivity contribution is -0.126. The smallest absolute Gasteiger partial charge is 0.295 e. The third-order valence-electron chi connectivity index (χ3n) is 4.92. The summed E-state index contributed by atoms with van der Waals surface area (Å²) in [5.74, 6) is -1.40. The molecule has 1 amide bonds. The van der Waals surface area contributed by atoms with Crippen molar-refractivity contribution in [1.29, 1.82) is 0 Å². The average molecular weight is 402 g/mol. The van der Waals surface area contributed by atoms with Gasteiger partial charge in [0, 0.05) is 35.1 Å². The maximum Gasteiger partial charge on any atom is 0.295 e. The fourth-order valence-corrected chi connectivity index (χ4v) is 6.46. The van der Waals surface area contributed by atoms with Crippen LogP contribution in [0.1, 0.15) is 26.9 Å². The number of benzene rings is 1. The van der Waals surface area contributed by atoms with Crippen molar-refractivity contribution in [2.24, 2.45) is 0 Å². The molecule has 2 aromatic heterocycles. The molecule has 3 aromatic rings. The van der Waals surface area contributed by atoms with Gasteiger partial charge in [-0.25, -0.2) is 8.42 Å². The Labute approximate surface area is 160 Å². The molecule has 4 rings (SSSR count). The summed E-state index contributed by atoms with van der Waals surface area (Å²) in [6.07, 6.45) is 1.84. The number of sulfone groups is 1. The highest BCUT2D eigenvalue weighted by Crippen LogP contribution is 2.32. The third-order valence-corrected chi connectivity index (χ3v) is 8.16. The van der Waals surface area contributed by atoms with Gasteiger partial charge in [-0.2, -0.15) is 0 Å². The monoisotopic (exact) mass is 402 g/mol. The number of fused-ring (bicyclic) bond motifs is 1. The summed E-state index contributed by atoms with van der Waals surface area (Å²) >= 11 is 1.40. The van der Waals surface area contributed by atoms with E-state index in [0.29, 0.717) is 17.4 Å². The summed E-state index contributed by atoms with van der Waals surface area (Å²) in [6.45, 7) is 0.284. The van der Waals surface area contributed by atoms with Crippen LogP contribution >= 0.6 is 11.3 Å². The number of ketones is 1. The van der Waals surface area contributed by atoms with Crippen LogP contribution in [0.25, 0.3) is 10.9 Å². The third kappa shape index (κ3) is 3.30. The van der Waals surface area contributed by atoms with Gasteiger partial charge >= 0.3 is 0 Å². The zero-order valence-electron chi connectivity index (χ0n) is 14.4. The fourth-order valence-electron chi connectivity index (χ4n) is 3.46. The minimum absolute atomic E-state index is 0.0388. The van der Waals surface area contributed by atoms with Gasteiger partial charge in [0.15, 0.2) is 9.84 Å². The van der Waals surface area contributed by atoms with Crippen LogP contribution in [0, 0.1) is 0 Å². The molecule has 8 heteroatoms. The SMILES string of the molecule is O=C(C(=O)N1CCC(c2cccs2)S(=O)(=O)CC1)c1c[nH]c2ccccc12. The highest BCUT2D eigenvalue weighted by molar-refractivity contribution is 7.91. The maximum atomic E-state index is 12.8. The summed E-state index contributed by atoms with van der Waals surface area (Å²) in [5.41, 5.74) is 1.10. The summed E-state index contributed by atoms with van der Waals surface area (Å²) < 4.78 is 25.2. The van der Waals surface area contributed by atoms with E-state index in [9.17, 15) is 18.0 Å². The van der Waals surface area contributed by atoms with E-state index in [0.717, 1.165) is 10.4 Å². The van der Waals surface area contributed by atoms with E-state index >= 15 is 0 Å². The molecule has 0 saturated carbocycles. The Morgan fingerprint density at radius 3 is 2.70 bits per heavy atom. The molecule has 1 N–H and O–H groups in total. The van der Waals surface area contributed by atoms with E-state index in [1.54, 1.807) is 6.07 Å². The molecule has 1 aliphatic rings. The molecule has 1 saturated heterocycles. The van der Waals surface area contributed by atoms with Gasteiger partial charge in [-0.1, -0.05) is 24.3 Å². The number of hydrogen-bond donors (Lipinski definition) is 1. The number of nitrogens with zero attached hydrogens (tertiary/aromatic N) is 1. The predicted octanol–water partition coefficient (Wildman–Crippen LogP) is 2.80. The molecule has 0 aliphatic carbocycles. The standard InChI is InChI=1S/C19H18N2O4S2/c22-18(14-12-20-15-5-2-1-4-13(14)15)19(23)21-8-7-17(16-6-3-10-26-16)27(24,25)11-9-21/h1-6,10,12,17,20H,7-9,11H2. The number of rotatable bonds is 3. The van der Waals surface area contributed by atoms with Crippen molar-refractivity contribution >= 4 is 43.8 Å². The Bertz CT molecular complexity index is 1100. The zero-order chi connectivity index (χ0) is 19.0.